The zero-order chi connectivity index (χ0) is 14.6. The van der Waals surface area contributed by atoms with E-state index in [0.717, 1.165) is 25.4 Å². The zero-order valence-corrected chi connectivity index (χ0v) is 13.2. The Kier molecular flexibility index (Phi) is 5.81. The number of hydrogen-bond acceptors (Lipinski definition) is 3. The Labute approximate surface area is 118 Å². The minimum absolute atomic E-state index is 0.251. The molecule has 1 fully saturated rings. The van der Waals surface area contributed by atoms with Crippen LogP contribution in [0.1, 0.15) is 53.9 Å². The monoisotopic (exact) mass is 269 g/mol. The topological polar surface area (TPSA) is 58.4 Å². The molecule has 0 aromatic carbocycles. The van der Waals surface area contributed by atoms with Gasteiger partial charge >= 0.3 is 0 Å². The number of primary amides is 1. The lowest BCUT2D eigenvalue weighted by atomic mass is 9.91. The standard InChI is InChI=1S/C15H31N3O/c1-11(2)17-15(5,14(16)19)8-9-18-10-12(3)6-7-13(18)4/h11-13,17H,6-10H2,1-5H3,(H2,16,19). The molecule has 3 unspecified atom stereocenters. The lowest BCUT2D eigenvalue weighted by Gasteiger charge is -2.39. The quantitative estimate of drug-likeness (QED) is 0.772. The van der Waals surface area contributed by atoms with Crippen LogP contribution in [0, 0.1) is 5.92 Å². The number of nitrogens with two attached hydrogens (primary N) is 1. The van der Waals surface area contributed by atoms with E-state index in [4.69, 9.17) is 5.73 Å². The normalized spacial score (nSPS) is 28.3. The first-order valence-corrected chi connectivity index (χ1v) is 7.56. The number of nitrogens with one attached hydrogen (secondary N) is 1. The molecule has 0 saturated carbocycles. The van der Waals surface area contributed by atoms with Crippen molar-refractivity contribution in [3.63, 3.8) is 0 Å². The third-order valence-corrected chi connectivity index (χ3v) is 4.30. The third-order valence-electron chi connectivity index (χ3n) is 4.30. The maximum absolute atomic E-state index is 11.7. The Morgan fingerprint density at radius 1 is 1.42 bits per heavy atom. The average Bonchev–Trinajstić information content (AvgIpc) is 2.29. The van der Waals surface area contributed by atoms with Gasteiger partial charge < -0.3 is 16.0 Å². The highest BCUT2D eigenvalue weighted by Gasteiger charge is 2.33. The molecule has 3 N–H and O–H groups in total. The first kappa shape index (κ1) is 16.4. The Hall–Kier alpha value is -0.610. The van der Waals surface area contributed by atoms with E-state index in [2.05, 4.69) is 24.1 Å². The molecule has 4 heteroatoms. The first-order chi connectivity index (χ1) is 8.74. The lowest BCUT2D eigenvalue weighted by molar-refractivity contribution is -0.124. The summed E-state index contributed by atoms with van der Waals surface area (Å²) in [6.07, 6.45) is 3.35. The highest BCUT2D eigenvalue weighted by atomic mass is 16.1. The number of likely N-dealkylation sites (tertiary alicyclic amines) is 1. The van der Waals surface area contributed by atoms with E-state index in [-0.39, 0.29) is 11.9 Å². The van der Waals surface area contributed by atoms with Crippen LogP contribution in [0.5, 0.6) is 0 Å². The van der Waals surface area contributed by atoms with Gasteiger partial charge in [0.15, 0.2) is 0 Å². The van der Waals surface area contributed by atoms with Crippen molar-refractivity contribution in [2.24, 2.45) is 11.7 Å². The summed E-state index contributed by atoms with van der Waals surface area (Å²) in [6.45, 7) is 12.7. The molecule has 0 aromatic rings. The summed E-state index contributed by atoms with van der Waals surface area (Å²) in [5.74, 6) is 0.507. The van der Waals surface area contributed by atoms with Crippen molar-refractivity contribution in [1.82, 2.24) is 10.2 Å². The minimum atomic E-state index is -0.603. The summed E-state index contributed by atoms with van der Waals surface area (Å²) in [6, 6.07) is 0.877. The number of amides is 1. The Balaban J connectivity index is 2.58. The number of rotatable bonds is 6. The molecule has 1 amide bonds. The van der Waals surface area contributed by atoms with Crippen LogP contribution in [-0.2, 0) is 4.79 Å². The molecule has 1 heterocycles. The molecule has 1 rings (SSSR count). The van der Waals surface area contributed by atoms with Crippen LogP contribution in [0.4, 0.5) is 0 Å². The van der Waals surface area contributed by atoms with Crippen LogP contribution >= 0.6 is 0 Å². The number of nitrogens with zero attached hydrogens (tertiary/aromatic N) is 1. The molecule has 0 spiro atoms. The number of carbonyl (C=O) groups excluding carboxylic acids is 1. The van der Waals surface area contributed by atoms with Crippen molar-refractivity contribution in [1.29, 1.82) is 0 Å². The molecule has 3 atom stereocenters. The van der Waals surface area contributed by atoms with Crippen LogP contribution < -0.4 is 11.1 Å². The van der Waals surface area contributed by atoms with Gasteiger partial charge in [-0.1, -0.05) is 6.92 Å². The third kappa shape index (κ3) is 4.77. The van der Waals surface area contributed by atoms with E-state index >= 15 is 0 Å². The van der Waals surface area contributed by atoms with Crippen LogP contribution in [0.3, 0.4) is 0 Å². The Bertz CT molecular complexity index is 306. The van der Waals surface area contributed by atoms with Gasteiger partial charge in [0.05, 0.1) is 5.54 Å². The predicted molar refractivity (Wildman–Crippen MR) is 79.9 cm³/mol. The molecule has 4 nitrogen and oxygen atoms in total. The summed E-state index contributed by atoms with van der Waals surface area (Å²) < 4.78 is 0. The molecule has 0 radical (unpaired) electrons. The molecular weight excluding hydrogens is 238 g/mol. The molecule has 112 valence electrons. The smallest absolute Gasteiger partial charge is 0.237 e. The van der Waals surface area contributed by atoms with Crippen LogP contribution in [0.25, 0.3) is 0 Å². The van der Waals surface area contributed by atoms with Crippen molar-refractivity contribution in [3.8, 4) is 0 Å². The maximum Gasteiger partial charge on any atom is 0.237 e. The summed E-state index contributed by atoms with van der Waals surface area (Å²) in [5.41, 5.74) is 4.97. The number of carbonyl (C=O) groups is 1. The molecule has 0 bridgehead atoms. The van der Waals surface area contributed by atoms with Crippen molar-refractivity contribution >= 4 is 5.91 Å². The lowest BCUT2D eigenvalue weighted by Crippen LogP contribution is -2.57. The van der Waals surface area contributed by atoms with E-state index < -0.39 is 5.54 Å². The summed E-state index contributed by atoms with van der Waals surface area (Å²) >= 11 is 0. The summed E-state index contributed by atoms with van der Waals surface area (Å²) in [7, 11) is 0. The van der Waals surface area contributed by atoms with Gasteiger partial charge in [-0.25, -0.2) is 0 Å². The van der Waals surface area contributed by atoms with Crippen molar-refractivity contribution in [2.75, 3.05) is 13.1 Å². The number of piperidine rings is 1. The van der Waals surface area contributed by atoms with Gasteiger partial charge in [-0.3, -0.25) is 4.79 Å². The van der Waals surface area contributed by atoms with Gasteiger partial charge in [0.2, 0.25) is 5.91 Å². The van der Waals surface area contributed by atoms with Gasteiger partial charge in [-0.05, 0) is 52.9 Å². The SMILES string of the molecule is CC1CCC(C)N(CCC(C)(NC(C)C)C(N)=O)C1. The fourth-order valence-corrected chi connectivity index (χ4v) is 2.96. The molecule has 1 saturated heterocycles. The Morgan fingerprint density at radius 3 is 2.58 bits per heavy atom. The van der Waals surface area contributed by atoms with Gasteiger partial charge in [0, 0.05) is 25.2 Å². The second-order valence-electron chi connectivity index (χ2n) is 6.77. The van der Waals surface area contributed by atoms with Gasteiger partial charge in [-0.15, -0.1) is 0 Å². The van der Waals surface area contributed by atoms with Crippen molar-refractivity contribution in [2.45, 2.75) is 71.5 Å². The molecule has 0 aliphatic carbocycles. The van der Waals surface area contributed by atoms with Crippen LogP contribution in [0.2, 0.25) is 0 Å². The fourth-order valence-electron chi connectivity index (χ4n) is 2.96. The second-order valence-corrected chi connectivity index (χ2v) is 6.77. The van der Waals surface area contributed by atoms with E-state index in [1.54, 1.807) is 0 Å². The molecule has 1 aliphatic heterocycles. The van der Waals surface area contributed by atoms with E-state index in [1.165, 1.54) is 12.8 Å². The highest BCUT2D eigenvalue weighted by molar-refractivity contribution is 5.84. The molecule has 19 heavy (non-hydrogen) atoms. The minimum Gasteiger partial charge on any atom is -0.368 e. The predicted octanol–water partition coefficient (Wildman–Crippen LogP) is 1.74. The zero-order valence-electron chi connectivity index (χ0n) is 13.2. The van der Waals surface area contributed by atoms with E-state index in [0.29, 0.717) is 6.04 Å². The van der Waals surface area contributed by atoms with Crippen molar-refractivity contribution < 1.29 is 4.79 Å². The van der Waals surface area contributed by atoms with Gasteiger partial charge in [0.25, 0.3) is 0 Å². The van der Waals surface area contributed by atoms with E-state index in [1.807, 2.05) is 20.8 Å². The highest BCUT2D eigenvalue weighted by Crippen LogP contribution is 2.23. The van der Waals surface area contributed by atoms with Crippen LogP contribution in [0.15, 0.2) is 0 Å². The van der Waals surface area contributed by atoms with Crippen LogP contribution in [-0.4, -0.2) is 41.5 Å². The van der Waals surface area contributed by atoms with Crippen molar-refractivity contribution in [3.05, 3.63) is 0 Å². The second kappa shape index (κ2) is 6.71. The molecular formula is C15H31N3O. The molecule has 0 aromatic heterocycles. The van der Waals surface area contributed by atoms with Gasteiger partial charge in [0.1, 0.15) is 0 Å². The molecule has 1 aliphatic rings. The fraction of sp³-hybridized carbons (Fsp3) is 0.933. The Morgan fingerprint density at radius 2 is 2.05 bits per heavy atom. The van der Waals surface area contributed by atoms with E-state index in [9.17, 15) is 4.79 Å². The average molecular weight is 269 g/mol. The number of hydrogen-bond donors (Lipinski definition) is 2. The summed E-state index contributed by atoms with van der Waals surface area (Å²) in [5, 5.41) is 3.32. The summed E-state index contributed by atoms with van der Waals surface area (Å²) in [4.78, 5) is 14.2. The first-order valence-electron chi connectivity index (χ1n) is 7.56. The largest absolute Gasteiger partial charge is 0.368 e. The maximum atomic E-state index is 11.7. The van der Waals surface area contributed by atoms with Gasteiger partial charge in [-0.2, -0.15) is 0 Å².